The van der Waals surface area contributed by atoms with Gasteiger partial charge in [0, 0.05) is 5.69 Å². The number of esters is 1. The van der Waals surface area contributed by atoms with Crippen molar-refractivity contribution in [3.8, 4) is 11.8 Å². The predicted octanol–water partition coefficient (Wildman–Crippen LogP) is 4.56. The van der Waals surface area contributed by atoms with Crippen LogP contribution in [0.15, 0.2) is 42.0 Å². The van der Waals surface area contributed by atoms with E-state index in [0.717, 1.165) is 19.1 Å². The van der Waals surface area contributed by atoms with Gasteiger partial charge >= 0.3 is 5.97 Å². The molecule has 0 bridgehead atoms. The molecule has 150 valence electrons. The lowest BCUT2D eigenvalue weighted by Gasteiger charge is -2.11. The number of carbonyl (C=O) groups is 2. The lowest BCUT2D eigenvalue weighted by molar-refractivity contribution is -0.142. The molecular weight excluding hydrogens is 598 g/mol. The summed E-state index contributed by atoms with van der Waals surface area (Å²) in [6.07, 6.45) is 2.43. The highest BCUT2D eigenvalue weighted by Gasteiger charge is 2.13. The number of ether oxygens (including phenoxy) is 2. The van der Waals surface area contributed by atoms with Crippen molar-refractivity contribution in [3.63, 3.8) is 0 Å². The number of methoxy groups -OCH3 is 1. The van der Waals surface area contributed by atoms with Crippen LogP contribution in [0.5, 0.6) is 5.75 Å². The van der Waals surface area contributed by atoms with Crippen LogP contribution in [0.4, 0.5) is 5.69 Å². The van der Waals surface area contributed by atoms with Crippen molar-refractivity contribution in [1.29, 1.82) is 5.26 Å². The molecule has 1 N–H and O–H groups in total. The van der Waals surface area contributed by atoms with Gasteiger partial charge in [0.1, 0.15) is 17.4 Å². The number of amides is 1. The first-order valence-corrected chi connectivity index (χ1v) is 10.7. The Kier molecular flexibility index (Phi) is 8.91. The third-order valence-electron chi connectivity index (χ3n) is 3.88. The summed E-state index contributed by atoms with van der Waals surface area (Å²) in [5, 5.41) is 12.2. The molecule has 2 aromatic carbocycles. The Balaban J connectivity index is 2.19. The van der Waals surface area contributed by atoms with E-state index in [9.17, 15) is 14.9 Å². The van der Waals surface area contributed by atoms with Crippen molar-refractivity contribution in [2.75, 3.05) is 19.0 Å². The first kappa shape index (κ1) is 23.2. The van der Waals surface area contributed by atoms with Crippen LogP contribution in [-0.4, -0.2) is 25.6 Å². The molecule has 0 heterocycles. The Hall–Kier alpha value is -2.13. The highest BCUT2D eigenvalue weighted by Crippen LogP contribution is 2.30. The zero-order chi connectivity index (χ0) is 21.4. The fourth-order valence-corrected chi connectivity index (χ4v) is 4.46. The van der Waals surface area contributed by atoms with Gasteiger partial charge in [0.15, 0.2) is 6.61 Å². The lowest BCUT2D eigenvalue weighted by atomic mass is 10.1. The van der Waals surface area contributed by atoms with Crippen LogP contribution in [0.25, 0.3) is 6.08 Å². The summed E-state index contributed by atoms with van der Waals surface area (Å²) in [5.41, 5.74) is 2.46. The second kappa shape index (κ2) is 11.2. The summed E-state index contributed by atoms with van der Waals surface area (Å²) in [4.78, 5) is 23.7. The number of carbonyl (C=O) groups excluding carboxylic acids is 2. The van der Waals surface area contributed by atoms with E-state index in [1.54, 1.807) is 12.1 Å². The average Bonchev–Trinajstić information content (AvgIpc) is 2.71. The molecule has 1 amide bonds. The van der Waals surface area contributed by atoms with Crippen LogP contribution >= 0.6 is 45.2 Å². The molecule has 0 aromatic heterocycles. The Morgan fingerprint density at radius 2 is 1.79 bits per heavy atom. The first-order chi connectivity index (χ1) is 13.9. The van der Waals surface area contributed by atoms with E-state index in [2.05, 4.69) is 62.2 Å². The summed E-state index contributed by atoms with van der Waals surface area (Å²) in [5.74, 6) is -0.406. The van der Waals surface area contributed by atoms with E-state index in [1.165, 1.54) is 13.2 Å². The molecule has 0 saturated carbocycles. The average molecular weight is 616 g/mol. The maximum atomic E-state index is 12.5. The number of aryl methyl sites for hydroxylation is 1. The molecule has 0 spiro atoms. The molecule has 2 rings (SSSR count). The summed E-state index contributed by atoms with van der Waals surface area (Å²) in [6, 6.07) is 13.0. The van der Waals surface area contributed by atoms with E-state index in [4.69, 9.17) is 4.74 Å². The van der Waals surface area contributed by atoms with Gasteiger partial charge in [0.05, 0.1) is 14.3 Å². The van der Waals surface area contributed by atoms with E-state index in [1.807, 2.05) is 30.3 Å². The molecule has 0 aliphatic rings. The lowest BCUT2D eigenvalue weighted by Crippen LogP contribution is -2.14. The van der Waals surface area contributed by atoms with Crippen LogP contribution in [0, 0.1) is 18.5 Å². The zero-order valence-electron chi connectivity index (χ0n) is 15.8. The fraction of sp³-hybridized carbons (Fsp3) is 0.190. The van der Waals surface area contributed by atoms with Gasteiger partial charge < -0.3 is 14.8 Å². The maximum absolute atomic E-state index is 12.5. The van der Waals surface area contributed by atoms with E-state index < -0.39 is 11.9 Å². The summed E-state index contributed by atoms with van der Waals surface area (Å²) >= 11 is 4.15. The Morgan fingerprint density at radius 3 is 2.31 bits per heavy atom. The minimum Gasteiger partial charge on any atom is -0.480 e. The Bertz CT molecular complexity index is 956. The largest absolute Gasteiger partial charge is 0.480 e. The summed E-state index contributed by atoms with van der Waals surface area (Å²) in [6.45, 7) is 1.86. The monoisotopic (exact) mass is 616 g/mol. The van der Waals surface area contributed by atoms with Crippen LogP contribution in [-0.2, 0) is 20.7 Å². The minimum atomic E-state index is -0.479. The number of halogens is 2. The molecule has 2 aromatic rings. The SMILES string of the molecule is CCc1ccc(NC(=O)/C(C#N)=C/c2cc(I)c(OCC(=O)OC)c(I)c2)cc1. The molecule has 0 aliphatic heterocycles. The summed E-state index contributed by atoms with van der Waals surface area (Å²) in [7, 11) is 1.29. The van der Waals surface area contributed by atoms with Gasteiger partial charge in [0.2, 0.25) is 0 Å². The molecule has 0 fully saturated rings. The second-order valence-electron chi connectivity index (χ2n) is 5.85. The third kappa shape index (κ3) is 6.71. The number of benzene rings is 2. The molecule has 0 radical (unpaired) electrons. The van der Waals surface area contributed by atoms with Gasteiger partial charge in [-0.05, 0) is 93.1 Å². The van der Waals surface area contributed by atoms with Crippen molar-refractivity contribution in [3.05, 3.63) is 60.2 Å². The van der Waals surface area contributed by atoms with Gasteiger partial charge in [-0.3, -0.25) is 4.79 Å². The normalized spacial score (nSPS) is 10.8. The number of hydrogen-bond acceptors (Lipinski definition) is 5. The molecule has 0 atom stereocenters. The van der Waals surface area contributed by atoms with E-state index in [0.29, 0.717) is 17.0 Å². The van der Waals surface area contributed by atoms with Gasteiger partial charge in [-0.1, -0.05) is 19.1 Å². The van der Waals surface area contributed by atoms with Crippen molar-refractivity contribution in [2.24, 2.45) is 0 Å². The number of hydrogen-bond donors (Lipinski definition) is 1. The quantitative estimate of drug-likeness (QED) is 0.214. The molecule has 29 heavy (non-hydrogen) atoms. The highest BCUT2D eigenvalue weighted by atomic mass is 127. The Labute approximate surface area is 196 Å². The van der Waals surface area contributed by atoms with Crippen molar-refractivity contribution >= 4 is 68.8 Å². The third-order valence-corrected chi connectivity index (χ3v) is 5.48. The number of nitrogens with zero attached hydrogens (tertiary/aromatic N) is 1. The van der Waals surface area contributed by atoms with Crippen LogP contribution in [0.1, 0.15) is 18.1 Å². The van der Waals surface area contributed by atoms with E-state index >= 15 is 0 Å². The van der Waals surface area contributed by atoms with Gasteiger partial charge in [0.25, 0.3) is 5.91 Å². The Morgan fingerprint density at radius 1 is 1.17 bits per heavy atom. The van der Waals surface area contributed by atoms with Gasteiger partial charge in [-0.25, -0.2) is 4.79 Å². The smallest absolute Gasteiger partial charge is 0.343 e. The fourth-order valence-electron chi connectivity index (χ4n) is 2.33. The van der Waals surface area contributed by atoms with E-state index in [-0.39, 0.29) is 12.2 Å². The molecule has 0 aliphatic carbocycles. The van der Waals surface area contributed by atoms with Gasteiger partial charge in [-0.15, -0.1) is 0 Å². The summed E-state index contributed by atoms with van der Waals surface area (Å²) < 4.78 is 11.6. The number of nitriles is 1. The predicted molar refractivity (Wildman–Crippen MR) is 127 cm³/mol. The standard InChI is InChI=1S/C21H18I2N2O4/c1-3-13-4-6-16(7-5-13)25-21(27)15(11-24)8-14-9-17(22)20(18(23)10-14)29-12-19(26)28-2/h4-10H,3,12H2,1-2H3,(H,25,27)/b15-8+. The van der Waals surface area contributed by atoms with Crippen LogP contribution < -0.4 is 10.1 Å². The number of rotatable bonds is 7. The molecule has 8 heteroatoms. The second-order valence-corrected chi connectivity index (χ2v) is 8.18. The van der Waals surface area contributed by atoms with Gasteiger partial charge in [-0.2, -0.15) is 5.26 Å². The van der Waals surface area contributed by atoms with Crippen LogP contribution in [0.3, 0.4) is 0 Å². The van der Waals surface area contributed by atoms with Crippen molar-refractivity contribution in [2.45, 2.75) is 13.3 Å². The number of nitrogens with one attached hydrogen (secondary N) is 1. The molecular formula is C21H18I2N2O4. The first-order valence-electron chi connectivity index (χ1n) is 8.58. The van der Waals surface area contributed by atoms with Crippen molar-refractivity contribution < 1.29 is 19.1 Å². The minimum absolute atomic E-state index is 0.0144. The highest BCUT2D eigenvalue weighted by molar-refractivity contribution is 14.1. The molecule has 0 saturated heterocycles. The topological polar surface area (TPSA) is 88.4 Å². The number of anilines is 1. The zero-order valence-corrected chi connectivity index (χ0v) is 20.1. The molecule has 6 nitrogen and oxygen atoms in total. The molecule has 0 unspecified atom stereocenters. The maximum Gasteiger partial charge on any atom is 0.343 e. The van der Waals surface area contributed by atoms with Crippen LogP contribution in [0.2, 0.25) is 0 Å². The van der Waals surface area contributed by atoms with Crippen molar-refractivity contribution in [1.82, 2.24) is 0 Å².